The van der Waals surface area contributed by atoms with Crippen molar-refractivity contribution in [2.45, 2.75) is 45.4 Å². The van der Waals surface area contributed by atoms with Gasteiger partial charge in [0.25, 0.3) is 0 Å². The summed E-state index contributed by atoms with van der Waals surface area (Å²) in [6, 6.07) is 0. The second-order valence-corrected chi connectivity index (χ2v) is 7.70. The predicted octanol–water partition coefficient (Wildman–Crippen LogP) is 2.34. The number of aryl methyl sites for hydroxylation is 1. The van der Waals surface area contributed by atoms with E-state index in [0.717, 1.165) is 50.3 Å². The van der Waals surface area contributed by atoms with Gasteiger partial charge in [0.05, 0.1) is 0 Å². The van der Waals surface area contributed by atoms with Crippen molar-refractivity contribution < 1.29 is 4.74 Å². The highest BCUT2D eigenvalue weighted by molar-refractivity contribution is 14.0. The minimum atomic E-state index is 0. The number of rotatable bonds is 10. The molecule has 1 rings (SSSR count). The first-order valence-corrected chi connectivity index (χ1v) is 9.62. The Hall–Kier alpha value is -0.550. The number of nitrogens with one attached hydrogen (secondary N) is 2. The molecule has 0 saturated carbocycles. The molecule has 1 aromatic rings. The number of ether oxygens (including phenoxy) is 1. The van der Waals surface area contributed by atoms with Gasteiger partial charge in [-0.3, -0.25) is 0 Å². The summed E-state index contributed by atoms with van der Waals surface area (Å²) in [7, 11) is 1.96. The highest BCUT2D eigenvalue weighted by Gasteiger charge is 2.16. The second kappa shape index (κ2) is 12.7. The summed E-state index contributed by atoms with van der Waals surface area (Å²) in [5.74, 6) is 2.55. The summed E-state index contributed by atoms with van der Waals surface area (Å²) < 4.78 is 7.48. The van der Waals surface area contributed by atoms with Crippen LogP contribution in [0.4, 0.5) is 0 Å². The van der Waals surface area contributed by atoms with Crippen molar-refractivity contribution in [3.8, 4) is 0 Å². The van der Waals surface area contributed by atoms with Crippen LogP contribution in [0.5, 0.6) is 0 Å². The lowest BCUT2D eigenvalue weighted by Gasteiger charge is -2.24. The molecule has 0 amide bonds. The molecule has 0 aliphatic heterocycles. The number of nitrogens with zero attached hydrogens (tertiary/aromatic N) is 4. The molecule has 0 aliphatic rings. The maximum Gasteiger partial charge on any atom is 0.191 e. The first-order chi connectivity index (χ1) is 11.4. The third-order valence-electron chi connectivity index (χ3n) is 3.76. The van der Waals surface area contributed by atoms with Gasteiger partial charge in [-0.05, 0) is 40.4 Å². The van der Waals surface area contributed by atoms with Gasteiger partial charge in [0.2, 0.25) is 0 Å². The molecule has 0 aliphatic carbocycles. The van der Waals surface area contributed by atoms with Gasteiger partial charge in [0.1, 0.15) is 12.4 Å². The molecule has 0 fully saturated rings. The second-order valence-electron chi connectivity index (χ2n) is 6.18. The van der Waals surface area contributed by atoms with Crippen molar-refractivity contribution in [1.29, 1.82) is 0 Å². The lowest BCUT2D eigenvalue weighted by Crippen LogP contribution is -2.43. The molecule has 0 aromatic carbocycles. The zero-order valence-corrected chi connectivity index (χ0v) is 19.4. The molecule has 0 saturated heterocycles. The first-order valence-electron chi connectivity index (χ1n) is 8.39. The molecule has 9 heteroatoms. The van der Waals surface area contributed by atoms with Crippen LogP contribution in [-0.4, -0.2) is 58.0 Å². The quantitative estimate of drug-likeness (QED) is 0.230. The van der Waals surface area contributed by atoms with Crippen molar-refractivity contribution in [2.24, 2.45) is 12.0 Å². The van der Waals surface area contributed by atoms with E-state index in [2.05, 4.69) is 45.9 Å². The molecule has 1 heterocycles. The largest absolute Gasteiger partial charge is 0.382 e. The lowest BCUT2D eigenvalue weighted by atomic mass is 10.2. The minimum absolute atomic E-state index is 0. The van der Waals surface area contributed by atoms with Crippen LogP contribution in [0.3, 0.4) is 0 Å². The fourth-order valence-electron chi connectivity index (χ4n) is 1.81. The van der Waals surface area contributed by atoms with Crippen LogP contribution >= 0.6 is 35.7 Å². The van der Waals surface area contributed by atoms with Crippen LogP contribution in [0.25, 0.3) is 0 Å². The first kappa shape index (κ1) is 24.5. The van der Waals surface area contributed by atoms with Crippen molar-refractivity contribution >= 4 is 41.7 Å². The van der Waals surface area contributed by atoms with E-state index in [1.54, 1.807) is 0 Å². The predicted molar refractivity (Wildman–Crippen MR) is 117 cm³/mol. The van der Waals surface area contributed by atoms with Gasteiger partial charge in [0.15, 0.2) is 11.8 Å². The monoisotopic (exact) mass is 484 g/mol. The molecule has 0 radical (unpaired) electrons. The van der Waals surface area contributed by atoms with E-state index in [4.69, 9.17) is 4.74 Å². The van der Waals surface area contributed by atoms with E-state index >= 15 is 0 Å². The Labute approximate surface area is 173 Å². The van der Waals surface area contributed by atoms with Gasteiger partial charge in [0, 0.05) is 38.1 Å². The third-order valence-corrected chi connectivity index (χ3v) is 5.01. The van der Waals surface area contributed by atoms with Crippen LogP contribution < -0.4 is 10.6 Å². The Bertz CT molecular complexity index is 521. The Balaban J connectivity index is 0.00000576. The Morgan fingerprint density at radius 2 is 2.04 bits per heavy atom. The molecule has 2 N–H and O–H groups in total. The van der Waals surface area contributed by atoms with Gasteiger partial charge < -0.3 is 19.9 Å². The average molecular weight is 484 g/mol. The summed E-state index contributed by atoms with van der Waals surface area (Å²) in [5, 5.41) is 15.0. The lowest BCUT2D eigenvalue weighted by molar-refractivity contribution is 0.145. The van der Waals surface area contributed by atoms with Crippen molar-refractivity contribution in [3.05, 3.63) is 11.6 Å². The Morgan fingerprint density at radius 1 is 1.32 bits per heavy atom. The van der Waals surface area contributed by atoms with Gasteiger partial charge in [-0.2, -0.15) is 11.8 Å². The molecule has 0 spiro atoms. The van der Waals surface area contributed by atoms with Crippen LogP contribution in [0, 0.1) is 6.92 Å². The van der Waals surface area contributed by atoms with Crippen LogP contribution in [0.15, 0.2) is 4.99 Å². The van der Waals surface area contributed by atoms with Gasteiger partial charge >= 0.3 is 0 Å². The smallest absolute Gasteiger partial charge is 0.191 e. The fourth-order valence-corrected chi connectivity index (χ4v) is 2.02. The number of thioether (sulfide) groups is 1. The number of aliphatic imine (C=N–C) groups is 1. The molecule has 0 unspecified atom stereocenters. The van der Waals surface area contributed by atoms with Crippen LogP contribution in [0.2, 0.25) is 0 Å². The summed E-state index contributed by atoms with van der Waals surface area (Å²) >= 11 is 1.83. The highest BCUT2D eigenvalue weighted by Crippen LogP contribution is 2.19. The van der Waals surface area contributed by atoms with E-state index in [9.17, 15) is 0 Å². The Morgan fingerprint density at radius 3 is 2.60 bits per heavy atom. The molecule has 7 nitrogen and oxygen atoms in total. The fraction of sp³-hybridized carbons (Fsp3) is 0.812. The number of guanidine groups is 1. The normalized spacial score (nSPS) is 12.0. The number of hydrogen-bond donors (Lipinski definition) is 2. The molecule has 25 heavy (non-hydrogen) atoms. The summed E-state index contributed by atoms with van der Waals surface area (Å²) in [6.07, 6.45) is 3.07. The SMILES string of the molecule is CCOCCCNC(=NCc1nnc(C)n1C)NCC(C)(C)SC.I. The van der Waals surface area contributed by atoms with E-state index in [1.165, 1.54) is 0 Å². The number of aromatic nitrogens is 3. The molecular weight excluding hydrogens is 451 g/mol. The number of hydrogen-bond acceptors (Lipinski definition) is 5. The third kappa shape index (κ3) is 9.64. The summed E-state index contributed by atoms with van der Waals surface area (Å²) in [6.45, 7) is 12.0. The standard InChI is InChI=1S/C16H32N6OS.HI/c1-7-23-10-8-9-17-15(19-12-16(3,4)24-6)18-11-14-21-20-13(2)22(14)5;/h7-12H2,1-6H3,(H2,17,18,19);1H. The molecule has 0 bridgehead atoms. The van der Waals surface area contributed by atoms with Crippen molar-refractivity contribution in [1.82, 2.24) is 25.4 Å². The molecule has 1 aromatic heterocycles. The minimum Gasteiger partial charge on any atom is -0.382 e. The average Bonchev–Trinajstić information content (AvgIpc) is 2.88. The zero-order chi connectivity index (χ0) is 18.0. The maximum atomic E-state index is 5.37. The van der Waals surface area contributed by atoms with E-state index in [-0.39, 0.29) is 28.7 Å². The maximum absolute atomic E-state index is 5.37. The Kier molecular flexibility index (Phi) is 12.5. The van der Waals surface area contributed by atoms with Crippen LogP contribution in [0.1, 0.15) is 38.8 Å². The van der Waals surface area contributed by atoms with E-state index in [0.29, 0.717) is 6.54 Å². The van der Waals surface area contributed by atoms with E-state index in [1.807, 2.05) is 37.2 Å². The van der Waals surface area contributed by atoms with E-state index < -0.39 is 0 Å². The summed E-state index contributed by atoms with van der Waals surface area (Å²) in [5.41, 5.74) is 0. The zero-order valence-electron chi connectivity index (χ0n) is 16.3. The van der Waals surface area contributed by atoms with Crippen LogP contribution in [-0.2, 0) is 18.3 Å². The number of halogens is 1. The van der Waals surface area contributed by atoms with Gasteiger partial charge in [-0.15, -0.1) is 34.2 Å². The van der Waals surface area contributed by atoms with Gasteiger partial charge in [-0.1, -0.05) is 0 Å². The molecule has 146 valence electrons. The summed E-state index contributed by atoms with van der Waals surface area (Å²) in [4.78, 5) is 4.64. The van der Waals surface area contributed by atoms with Crippen molar-refractivity contribution in [2.75, 3.05) is 32.6 Å². The highest BCUT2D eigenvalue weighted by atomic mass is 127. The topological polar surface area (TPSA) is 76.4 Å². The molecular formula is C16H33IN6OS. The molecule has 0 atom stereocenters. The van der Waals surface area contributed by atoms with Gasteiger partial charge in [-0.25, -0.2) is 4.99 Å². The van der Waals surface area contributed by atoms with Crippen molar-refractivity contribution in [3.63, 3.8) is 0 Å².